The summed E-state index contributed by atoms with van der Waals surface area (Å²) in [5, 5.41) is 20.2. The zero-order valence-corrected chi connectivity index (χ0v) is 20.4. The molecule has 9 nitrogen and oxygen atoms in total. The van der Waals surface area contributed by atoms with Gasteiger partial charge in [0.2, 0.25) is 5.91 Å². The van der Waals surface area contributed by atoms with Gasteiger partial charge in [-0.3, -0.25) is 14.4 Å². The summed E-state index contributed by atoms with van der Waals surface area (Å²) in [6.45, 7) is 7.60. The summed E-state index contributed by atoms with van der Waals surface area (Å²) in [6.07, 6.45) is 2.35. The van der Waals surface area contributed by atoms with Crippen molar-refractivity contribution in [1.29, 1.82) is 0 Å². The third-order valence-electron chi connectivity index (χ3n) is 7.57. The fourth-order valence-electron chi connectivity index (χ4n) is 6.23. The van der Waals surface area contributed by atoms with Crippen LogP contribution in [0, 0.1) is 17.8 Å². The lowest BCUT2D eigenvalue weighted by Crippen LogP contribution is -2.59. The van der Waals surface area contributed by atoms with E-state index in [-0.39, 0.29) is 25.0 Å². The molecule has 6 atom stereocenters. The molecule has 3 aliphatic rings. The van der Waals surface area contributed by atoms with Crippen molar-refractivity contribution in [3.8, 4) is 5.75 Å². The monoisotopic (exact) mass is 486 g/mol. The molecule has 0 aliphatic carbocycles. The number of carboxylic acid groups (broad SMARTS) is 1. The van der Waals surface area contributed by atoms with E-state index in [1.807, 2.05) is 13.8 Å². The number of nitrogens with zero attached hydrogens (tertiary/aromatic N) is 2. The third-order valence-corrected chi connectivity index (χ3v) is 7.57. The molecule has 190 valence electrons. The molecule has 3 heterocycles. The number of hydrogen-bond donors (Lipinski definition) is 2. The predicted octanol–water partition coefficient (Wildman–Crippen LogP) is 2.08. The molecule has 1 spiro atoms. The smallest absolute Gasteiger partial charge is 0.310 e. The zero-order chi connectivity index (χ0) is 25.5. The summed E-state index contributed by atoms with van der Waals surface area (Å²) in [5.41, 5.74) is -0.646. The summed E-state index contributed by atoms with van der Waals surface area (Å²) in [5.74, 6) is -3.09. The summed E-state index contributed by atoms with van der Waals surface area (Å²) in [7, 11) is 1.56. The van der Waals surface area contributed by atoms with Gasteiger partial charge in [-0.2, -0.15) is 0 Å². The highest BCUT2D eigenvalue weighted by Gasteiger charge is 2.75. The van der Waals surface area contributed by atoms with Gasteiger partial charge in [0, 0.05) is 12.2 Å². The average molecular weight is 487 g/mol. The number of carboxylic acids is 1. The number of methoxy groups -OCH3 is 1. The maximum atomic E-state index is 14.3. The molecule has 2 amide bonds. The minimum atomic E-state index is -1.24. The van der Waals surface area contributed by atoms with Crippen LogP contribution in [0.25, 0.3) is 0 Å². The SMILES string of the molecule is C=CCN(C(=O)C1N([C@@H](CO)CC(C)C)C(=O)[C@@H]2[C@@H](C(=O)O)[C@H]3CCC12O3)c1ccc(OC)cc1. The van der Waals surface area contributed by atoms with Gasteiger partial charge in [0.05, 0.1) is 37.7 Å². The van der Waals surface area contributed by atoms with Gasteiger partial charge in [0.25, 0.3) is 5.91 Å². The van der Waals surface area contributed by atoms with Gasteiger partial charge >= 0.3 is 5.97 Å². The molecule has 4 rings (SSSR count). The van der Waals surface area contributed by atoms with E-state index in [2.05, 4.69) is 6.58 Å². The largest absolute Gasteiger partial charge is 0.497 e. The van der Waals surface area contributed by atoms with Crippen molar-refractivity contribution in [2.24, 2.45) is 17.8 Å². The average Bonchev–Trinajstić information content (AvgIpc) is 3.48. The lowest BCUT2D eigenvalue weighted by molar-refractivity contribution is -0.151. The van der Waals surface area contributed by atoms with Crippen molar-refractivity contribution in [3.63, 3.8) is 0 Å². The van der Waals surface area contributed by atoms with Crippen molar-refractivity contribution < 1.29 is 34.1 Å². The van der Waals surface area contributed by atoms with E-state index in [1.165, 1.54) is 9.80 Å². The van der Waals surface area contributed by atoms with Crippen LogP contribution in [0.5, 0.6) is 5.75 Å². The number of hydrogen-bond acceptors (Lipinski definition) is 6. The highest BCUT2D eigenvalue weighted by Crippen LogP contribution is 2.59. The van der Waals surface area contributed by atoms with Crippen molar-refractivity contribution in [1.82, 2.24) is 4.90 Å². The van der Waals surface area contributed by atoms with Gasteiger partial charge in [0.1, 0.15) is 17.4 Å². The van der Waals surface area contributed by atoms with Gasteiger partial charge in [-0.25, -0.2) is 0 Å². The molecule has 9 heteroatoms. The number of likely N-dealkylation sites (tertiary alicyclic amines) is 1. The van der Waals surface area contributed by atoms with Crippen LogP contribution in [0.4, 0.5) is 5.69 Å². The number of ether oxygens (including phenoxy) is 2. The van der Waals surface area contributed by atoms with E-state index < -0.39 is 47.5 Å². The van der Waals surface area contributed by atoms with E-state index in [0.717, 1.165) is 0 Å². The van der Waals surface area contributed by atoms with Crippen LogP contribution in [-0.4, -0.2) is 76.9 Å². The number of rotatable bonds is 10. The molecule has 2 unspecified atom stereocenters. The van der Waals surface area contributed by atoms with Crippen LogP contribution in [0.2, 0.25) is 0 Å². The number of aliphatic hydroxyl groups excluding tert-OH is 1. The summed E-state index contributed by atoms with van der Waals surface area (Å²) < 4.78 is 11.5. The Hall–Kier alpha value is -2.91. The summed E-state index contributed by atoms with van der Waals surface area (Å²) >= 11 is 0. The Bertz CT molecular complexity index is 994. The number of benzene rings is 1. The Morgan fingerprint density at radius 2 is 2.03 bits per heavy atom. The first-order chi connectivity index (χ1) is 16.7. The number of anilines is 1. The molecular weight excluding hydrogens is 452 g/mol. The Morgan fingerprint density at radius 3 is 2.57 bits per heavy atom. The van der Waals surface area contributed by atoms with E-state index in [4.69, 9.17) is 9.47 Å². The molecule has 35 heavy (non-hydrogen) atoms. The van der Waals surface area contributed by atoms with Crippen LogP contribution >= 0.6 is 0 Å². The molecule has 3 fully saturated rings. The first kappa shape index (κ1) is 25.2. The number of amides is 2. The second-order valence-electron chi connectivity index (χ2n) is 10.0. The second-order valence-corrected chi connectivity index (χ2v) is 10.0. The molecule has 0 saturated carbocycles. The zero-order valence-electron chi connectivity index (χ0n) is 20.4. The lowest BCUT2D eigenvalue weighted by Gasteiger charge is -2.39. The van der Waals surface area contributed by atoms with E-state index in [9.17, 15) is 24.6 Å². The topological polar surface area (TPSA) is 117 Å². The second kappa shape index (κ2) is 9.62. The van der Waals surface area contributed by atoms with E-state index >= 15 is 0 Å². The van der Waals surface area contributed by atoms with Crippen molar-refractivity contribution in [2.75, 3.05) is 25.2 Å². The Morgan fingerprint density at radius 1 is 1.34 bits per heavy atom. The van der Waals surface area contributed by atoms with Gasteiger partial charge in [-0.05, 0) is 49.4 Å². The molecule has 2 bridgehead atoms. The Kier molecular flexibility index (Phi) is 6.92. The van der Waals surface area contributed by atoms with Crippen molar-refractivity contribution in [2.45, 2.75) is 56.9 Å². The molecule has 1 aromatic carbocycles. The Balaban J connectivity index is 1.81. The number of carbonyl (C=O) groups is 3. The molecule has 0 radical (unpaired) electrons. The molecule has 0 aromatic heterocycles. The van der Waals surface area contributed by atoms with Crippen LogP contribution in [0.3, 0.4) is 0 Å². The Labute approximate surface area is 205 Å². The van der Waals surface area contributed by atoms with E-state index in [0.29, 0.717) is 30.7 Å². The van der Waals surface area contributed by atoms with Gasteiger partial charge in [-0.15, -0.1) is 6.58 Å². The highest BCUT2D eigenvalue weighted by atomic mass is 16.5. The molecule has 1 aromatic rings. The molecular formula is C26H34N2O7. The summed E-state index contributed by atoms with van der Waals surface area (Å²) in [4.78, 5) is 43.3. The standard InChI is InChI=1S/C26H34N2O7/c1-5-12-27(16-6-8-18(34-4)9-7-16)24(31)22-26-11-10-19(35-26)20(25(32)33)21(26)23(30)28(22)17(14-29)13-15(2)3/h5-9,15,17,19-22,29H,1,10-14H2,2-4H3,(H,32,33)/t17-,19-,20+,21+,22?,26?/m1/s1. The van der Waals surface area contributed by atoms with Gasteiger partial charge < -0.3 is 29.5 Å². The third kappa shape index (κ3) is 4.00. The molecule has 3 saturated heterocycles. The number of carbonyl (C=O) groups excluding carboxylic acids is 2. The summed E-state index contributed by atoms with van der Waals surface area (Å²) in [6, 6.07) is 5.31. The maximum Gasteiger partial charge on any atom is 0.310 e. The maximum absolute atomic E-state index is 14.3. The highest BCUT2D eigenvalue weighted by molar-refractivity contribution is 6.04. The minimum Gasteiger partial charge on any atom is -0.497 e. The molecule has 3 aliphatic heterocycles. The van der Waals surface area contributed by atoms with Crippen molar-refractivity contribution >= 4 is 23.5 Å². The van der Waals surface area contributed by atoms with Crippen LogP contribution < -0.4 is 9.64 Å². The fraction of sp³-hybridized carbons (Fsp3) is 0.577. The number of aliphatic hydroxyl groups is 1. The van der Waals surface area contributed by atoms with E-state index in [1.54, 1.807) is 37.5 Å². The lowest BCUT2D eigenvalue weighted by atomic mass is 9.70. The quantitative estimate of drug-likeness (QED) is 0.487. The fourth-order valence-corrected chi connectivity index (χ4v) is 6.23. The van der Waals surface area contributed by atoms with Gasteiger partial charge in [0.15, 0.2) is 0 Å². The normalized spacial score (nSPS) is 29.9. The van der Waals surface area contributed by atoms with Crippen LogP contribution in [0.15, 0.2) is 36.9 Å². The number of aliphatic carboxylic acids is 1. The minimum absolute atomic E-state index is 0.145. The van der Waals surface area contributed by atoms with Crippen LogP contribution in [-0.2, 0) is 19.1 Å². The molecule has 2 N–H and O–H groups in total. The first-order valence-corrected chi connectivity index (χ1v) is 12.1. The van der Waals surface area contributed by atoms with Crippen molar-refractivity contribution in [3.05, 3.63) is 36.9 Å². The first-order valence-electron chi connectivity index (χ1n) is 12.1. The van der Waals surface area contributed by atoms with Crippen LogP contribution in [0.1, 0.15) is 33.1 Å². The number of fused-ring (bicyclic) bond motifs is 1. The predicted molar refractivity (Wildman–Crippen MR) is 128 cm³/mol. The van der Waals surface area contributed by atoms with Gasteiger partial charge in [-0.1, -0.05) is 19.9 Å².